The van der Waals surface area contributed by atoms with Crippen LogP contribution >= 0.6 is 0 Å². The van der Waals surface area contributed by atoms with E-state index in [-0.39, 0.29) is 6.04 Å². The summed E-state index contributed by atoms with van der Waals surface area (Å²) in [7, 11) is 0. The van der Waals surface area contributed by atoms with Crippen molar-refractivity contribution in [1.82, 2.24) is 4.98 Å². The fraction of sp³-hybridized carbons (Fsp3) is 0.545. The lowest BCUT2D eigenvalue weighted by Crippen LogP contribution is -2.17. The van der Waals surface area contributed by atoms with Crippen LogP contribution in [0.3, 0.4) is 0 Å². The third-order valence-corrected chi connectivity index (χ3v) is 2.04. The molecule has 0 saturated heterocycles. The highest BCUT2D eigenvalue weighted by Crippen LogP contribution is 2.14. The molecule has 0 amide bonds. The Bertz CT molecular complexity index is 267. The molecule has 1 aromatic heterocycles. The maximum atomic E-state index is 5.72. The van der Waals surface area contributed by atoms with Crippen LogP contribution in [0.5, 0.6) is 0 Å². The van der Waals surface area contributed by atoms with E-state index in [2.05, 4.69) is 24.9 Å². The number of pyridine rings is 1. The Morgan fingerprint density at radius 3 is 2.54 bits per heavy atom. The predicted molar refractivity (Wildman–Crippen MR) is 55.7 cm³/mol. The third-order valence-electron chi connectivity index (χ3n) is 2.04. The Hall–Kier alpha value is -0.890. The largest absolute Gasteiger partial charge is 0.328 e. The summed E-state index contributed by atoms with van der Waals surface area (Å²) in [4.78, 5) is 4.20. The van der Waals surface area contributed by atoms with Gasteiger partial charge in [0.15, 0.2) is 0 Å². The SMILES string of the molecule is CC(N)Cc1cncc(C(C)C)c1. The van der Waals surface area contributed by atoms with Gasteiger partial charge in [0, 0.05) is 18.4 Å². The monoisotopic (exact) mass is 178 g/mol. The predicted octanol–water partition coefficient (Wildman–Crippen LogP) is 2.09. The average Bonchev–Trinajstić information content (AvgIpc) is 2.03. The van der Waals surface area contributed by atoms with Crippen LogP contribution in [0.15, 0.2) is 18.5 Å². The maximum Gasteiger partial charge on any atom is 0.0302 e. The summed E-state index contributed by atoms with van der Waals surface area (Å²) in [5.74, 6) is 0.542. The summed E-state index contributed by atoms with van der Waals surface area (Å²) in [6.07, 6.45) is 4.73. The van der Waals surface area contributed by atoms with E-state index in [0.717, 1.165) is 6.42 Å². The molecule has 0 fully saturated rings. The molecule has 1 aromatic rings. The Balaban J connectivity index is 2.79. The molecule has 72 valence electrons. The molecule has 1 unspecified atom stereocenters. The minimum Gasteiger partial charge on any atom is -0.328 e. The zero-order valence-electron chi connectivity index (χ0n) is 8.62. The topological polar surface area (TPSA) is 38.9 Å². The van der Waals surface area contributed by atoms with Crippen LogP contribution in [0.2, 0.25) is 0 Å². The molecule has 2 N–H and O–H groups in total. The molecule has 0 bridgehead atoms. The van der Waals surface area contributed by atoms with Crippen molar-refractivity contribution in [2.75, 3.05) is 0 Å². The Morgan fingerprint density at radius 1 is 1.31 bits per heavy atom. The van der Waals surface area contributed by atoms with Gasteiger partial charge < -0.3 is 5.73 Å². The van der Waals surface area contributed by atoms with Gasteiger partial charge in [0.05, 0.1) is 0 Å². The first kappa shape index (κ1) is 10.2. The van der Waals surface area contributed by atoms with Gasteiger partial charge in [-0.3, -0.25) is 4.98 Å². The van der Waals surface area contributed by atoms with Crippen molar-refractivity contribution < 1.29 is 0 Å². The summed E-state index contributed by atoms with van der Waals surface area (Å²) in [6.45, 7) is 6.36. The number of hydrogen-bond acceptors (Lipinski definition) is 2. The van der Waals surface area contributed by atoms with E-state index in [0.29, 0.717) is 5.92 Å². The van der Waals surface area contributed by atoms with Crippen molar-refractivity contribution in [3.05, 3.63) is 29.6 Å². The molecule has 2 heteroatoms. The lowest BCUT2D eigenvalue weighted by Gasteiger charge is -2.08. The molecule has 0 saturated carbocycles. The molecule has 0 aliphatic carbocycles. The average molecular weight is 178 g/mol. The highest BCUT2D eigenvalue weighted by atomic mass is 14.6. The molecule has 1 atom stereocenters. The van der Waals surface area contributed by atoms with Crippen molar-refractivity contribution in [3.63, 3.8) is 0 Å². The fourth-order valence-electron chi connectivity index (χ4n) is 1.31. The molecule has 0 aromatic carbocycles. The summed E-state index contributed by atoms with van der Waals surface area (Å²) >= 11 is 0. The highest BCUT2D eigenvalue weighted by Gasteiger charge is 2.02. The van der Waals surface area contributed by atoms with Crippen molar-refractivity contribution in [1.29, 1.82) is 0 Å². The Labute approximate surface area is 80.2 Å². The van der Waals surface area contributed by atoms with E-state index in [1.165, 1.54) is 11.1 Å². The van der Waals surface area contributed by atoms with Crippen molar-refractivity contribution in [3.8, 4) is 0 Å². The van der Waals surface area contributed by atoms with Crippen LogP contribution in [0.4, 0.5) is 0 Å². The van der Waals surface area contributed by atoms with Gasteiger partial charge in [-0.2, -0.15) is 0 Å². The smallest absolute Gasteiger partial charge is 0.0302 e. The van der Waals surface area contributed by atoms with Gasteiger partial charge in [-0.05, 0) is 30.4 Å². The third kappa shape index (κ3) is 3.15. The number of nitrogens with zero attached hydrogens (tertiary/aromatic N) is 1. The summed E-state index contributed by atoms with van der Waals surface area (Å²) < 4.78 is 0. The first-order valence-corrected chi connectivity index (χ1v) is 4.79. The number of rotatable bonds is 3. The van der Waals surface area contributed by atoms with Crippen LogP contribution in [0.1, 0.15) is 37.8 Å². The maximum absolute atomic E-state index is 5.72. The van der Waals surface area contributed by atoms with E-state index >= 15 is 0 Å². The zero-order valence-corrected chi connectivity index (χ0v) is 8.62. The minimum absolute atomic E-state index is 0.212. The van der Waals surface area contributed by atoms with Gasteiger partial charge in [-0.15, -0.1) is 0 Å². The van der Waals surface area contributed by atoms with Crippen LogP contribution in [0, 0.1) is 0 Å². The second kappa shape index (κ2) is 4.38. The molecule has 0 spiro atoms. The lowest BCUT2D eigenvalue weighted by atomic mass is 10.0. The Kier molecular flexibility index (Phi) is 3.43. The Morgan fingerprint density at radius 2 is 2.00 bits per heavy atom. The van der Waals surface area contributed by atoms with Gasteiger partial charge in [-0.25, -0.2) is 0 Å². The van der Waals surface area contributed by atoms with Crippen LogP contribution in [-0.4, -0.2) is 11.0 Å². The van der Waals surface area contributed by atoms with E-state index < -0.39 is 0 Å². The van der Waals surface area contributed by atoms with E-state index in [1.807, 2.05) is 19.3 Å². The first-order valence-electron chi connectivity index (χ1n) is 4.79. The summed E-state index contributed by atoms with van der Waals surface area (Å²) in [5.41, 5.74) is 8.25. The number of aromatic nitrogens is 1. The second-order valence-corrected chi connectivity index (χ2v) is 3.96. The van der Waals surface area contributed by atoms with Gasteiger partial charge in [0.2, 0.25) is 0 Å². The zero-order chi connectivity index (χ0) is 9.84. The second-order valence-electron chi connectivity index (χ2n) is 3.96. The molecule has 1 heterocycles. The van der Waals surface area contributed by atoms with E-state index in [4.69, 9.17) is 5.73 Å². The normalized spacial score (nSPS) is 13.3. The quantitative estimate of drug-likeness (QED) is 0.769. The first-order chi connectivity index (χ1) is 6.09. The number of hydrogen-bond donors (Lipinski definition) is 1. The standard InChI is InChI=1S/C11H18N2/c1-8(2)11-5-10(4-9(3)12)6-13-7-11/h5-9H,4,12H2,1-3H3. The lowest BCUT2D eigenvalue weighted by molar-refractivity contribution is 0.731. The van der Waals surface area contributed by atoms with E-state index in [1.54, 1.807) is 0 Å². The van der Waals surface area contributed by atoms with Gasteiger partial charge in [0.1, 0.15) is 0 Å². The van der Waals surface area contributed by atoms with Crippen LogP contribution < -0.4 is 5.73 Å². The molecule has 0 aliphatic rings. The van der Waals surface area contributed by atoms with Crippen molar-refractivity contribution in [2.24, 2.45) is 5.73 Å². The molecule has 1 rings (SSSR count). The van der Waals surface area contributed by atoms with Crippen molar-refractivity contribution in [2.45, 2.75) is 39.2 Å². The summed E-state index contributed by atoms with van der Waals surface area (Å²) in [5, 5.41) is 0. The fourth-order valence-corrected chi connectivity index (χ4v) is 1.31. The highest BCUT2D eigenvalue weighted by molar-refractivity contribution is 5.21. The number of nitrogens with two attached hydrogens (primary N) is 1. The molecular weight excluding hydrogens is 160 g/mol. The van der Waals surface area contributed by atoms with E-state index in [9.17, 15) is 0 Å². The molecule has 0 radical (unpaired) electrons. The van der Waals surface area contributed by atoms with Gasteiger partial charge in [-0.1, -0.05) is 19.9 Å². The van der Waals surface area contributed by atoms with Crippen LogP contribution in [0.25, 0.3) is 0 Å². The summed E-state index contributed by atoms with van der Waals surface area (Å²) in [6, 6.07) is 2.41. The van der Waals surface area contributed by atoms with Gasteiger partial charge in [0.25, 0.3) is 0 Å². The molecular formula is C11H18N2. The molecule has 13 heavy (non-hydrogen) atoms. The van der Waals surface area contributed by atoms with Crippen molar-refractivity contribution >= 4 is 0 Å². The minimum atomic E-state index is 0.212. The van der Waals surface area contributed by atoms with Crippen LogP contribution in [-0.2, 0) is 6.42 Å². The molecule has 2 nitrogen and oxygen atoms in total. The molecule has 0 aliphatic heterocycles. The van der Waals surface area contributed by atoms with Gasteiger partial charge >= 0.3 is 0 Å².